The van der Waals surface area contributed by atoms with Gasteiger partial charge in [-0.2, -0.15) is 12.8 Å². The number of carboxylic acid groups (broad SMARTS) is 1. The zero-order chi connectivity index (χ0) is 9.98. The SMILES string of the molecule is NCCCl.O=C(O)CN=S(=O)=O. The van der Waals surface area contributed by atoms with Crippen molar-refractivity contribution in [3.05, 3.63) is 0 Å². The number of carbonyl (C=O) groups is 1. The molecule has 0 fully saturated rings. The Balaban J connectivity index is 0. The van der Waals surface area contributed by atoms with Crippen LogP contribution < -0.4 is 5.73 Å². The summed E-state index contributed by atoms with van der Waals surface area (Å²) in [6, 6.07) is 0. The second-order valence-corrected chi connectivity index (χ2v) is 2.45. The van der Waals surface area contributed by atoms with Gasteiger partial charge in [0, 0.05) is 12.4 Å². The van der Waals surface area contributed by atoms with Crippen LogP contribution in [0, 0.1) is 0 Å². The maximum Gasteiger partial charge on any atom is 0.326 e. The monoisotopic (exact) mass is 216 g/mol. The first-order chi connectivity index (χ1) is 5.54. The van der Waals surface area contributed by atoms with Crippen molar-refractivity contribution in [1.82, 2.24) is 0 Å². The Morgan fingerprint density at radius 1 is 1.58 bits per heavy atom. The summed E-state index contributed by atoms with van der Waals surface area (Å²) < 4.78 is 21.6. The van der Waals surface area contributed by atoms with Gasteiger partial charge in [-0.05, 0) is 0 Å². The number of halogens is 1. The van der Waals surface area contributed by atoms with Crippen LogP contribution in [0.3, 0.4) is 0 Å². The quantitative estimate of drug-likeness (QED) is 0.608. The first-order valence-corrected chi connectivity index (χ1v) is 4.36. The average Bonchev–Trinajstić information content (AvgIpc) is 2.01. The van der Waals surface area contributed by atoms with Crippen molar-refractivity contribution in [3.63, 3.8) is 0 Å². The highest BCUT2D eigenvalue weighted by Gasteiger charge is 1.89. The van der Waals surface area contributed by atoms with Crippen molar-refractivity contribution in [2.45, 2.75) is 0 Å². The van der Waals surface area contributed by atoms with Crippen molar-refractivity contribution in [2.75, 3.05) is 19.0 Å². The molecular weight excluding hydrogens is 208 g/mol. The predicted molar refractivity (Wildman–Crippen MR) is 43.6 cm³/mol. The molecule has 0 saturated heterocycles. The van der Waals surface area contributed by atoms with Crippen molar-refractivity contribution >= 4 is 28.1 Å². The lowest BCUT2D eigenvalue weighted by Gasteiger charge is -1.74. The first-order valence-electron chi connectivity index (χ1n) is 2.79. The fourth-order valence-electron chi connectivity index (χ4n) is 0.108. The third kappa shape index (κ3) is 22.8. The molecule has 0 atom stereocenters. The highest BCUT2D eigenvalue weighted by Crippen LogP contribution is 1.65. The summed E-state index contributed by atoms with van der Waals surface area (Å²) in [5.41, 5.74) is 4.90. The Morgan fingerprint density at radius 2 is 2.00 bits per heavy atom. The van der Waals surface area contributed by atoms with Crippen LogP contribution in [0.1, 0.15) is 0 Å². The summed E-state index contributed by atoms with van der Waals surface area (Å²) in [5.74, 6) is -0.686. The van der Waals surface area contributed by atoms with Crippen molar-refractivity contribution in [2.24, 2.45) is 10.1 Å². The van der Waals surface area contributed by atoms with E-state index in [0.29, 0.717) is 12.4 Å². The van der Waals surface area contributed by atoms with Crippen LogP contribution in [-0.4, -0.2) is 38.5 Å². The topological polar surface area (TPSA) is 110 Å². The molecule has 0 saturated carbocycles. The Labute approximate surface area is 76.0 Å². The van der Waals surface area contributed by atoms with Crippen LogP contribution in [0.4, 0.5) is 0 Å². The van der Waals surface area contributed by atoms with Crippen LogP contribution in [0.5, 0.6) is 0 Å². The molecule has 0 aromatic carbocycles. The van der Waals surface area contributed by atoms with E-state index in [-0.39, 0.29) is 0 Å². The van der Waals surface area contributed by atoms with Gasteiger partial charge >= 0.3 is 16.5 Å². The van der Waals surface area contributed by atoms with Gasteiger partial charge in [-0.25, -0.2) is 0 Å². The third-order valence-electron chi connectivity index (χ3n) is 0.414. The summed E-state index contributed by atoms with van der Waals surface area (Å²) in [4.78, 5) is 9.54. The highest BCUT2D eigenvalue weighted by atomic mass is 35.5. The molecule has 0 spiro atoms. The number of rotatable bonds is 3. The number of aliphatic carboxylic acids is 1. The van der Waals surface area contributed by atoms with E-state index < -0.39 is 23.0 Å². The lowest BCUT2D eigenvalue weighted by atomic mass is 10.7. The first kappa shape index (κ1) is 13.9. The maximum atomic E-state index is 9.54. The molecule has 0 aliphatic rings. The zero-order valence-corrected chi connectivity index (χ0v) is 7.68. The Hall–Kier alpha value is -0.660. The fraction of sp³-hybridized carbons (Fsp3) is 0.750. The highest BCUT2D eigenvalue weighted by molar-refractivity contribution is 7.61. The van der Waals surface area contributed by atoms with E-state index in [2.05, 4.69) is 4.36 Å². The summed E-state index contributed by atoms with van der Waals surface area (Å²) in [6.07, 6.45) is 0. The van der Waals surface area contributed by atoms with Gasteiger partial charge in [-0.3, -0.25) is 4.79 Å². The van der Waals surface area contributed by atoms with E-state index in [1.807, 2.05) is 0 Å². The van der Waals surface area contributed by atoms with Gasteiger partial charge in [-0.1, -0.05) is 0 Å². The summed E-state index contributed by atoms with van der Waals surface area (Å²) in [5, 5.41) is 7.80. The molecule has 8 heteroatoms. The van der Waals surface area contributed by atoms with Crippen LogP contribution in [-0.2, 0) is 15.3 Å². The number of nitrogens with two attached hydrogens (primary N) is 1. The van der Waals surface area contributed by atoms with Gasteiger partial charge in [0.05, 0.1) is 0 Å². The minimum Gasteiger partial charge on any atom is -0.480 e. The predicted octanol–water partition coefficient (Wildman–Crippen LogP) is -0.682. The van der Waals surface area contributed by atoms with E-state index in [1.165, 1.54) is 0 Å². The second-order valence-electron chi connectivity index (χ2n) is 1.38. The molecule has 0 amide bonds. The van der Waals surface area contributed by atoms with E-state index in [9.17, 15) is 13.2 Å². The van der Waals surface area contributed by atoms with Gasteiger partial charge < -0.3 is 10.8 Å². The molecule has 0 rings (SSSR count). The minimum absolute atomic E-state index is 0.569. The van der Waals surface area contributed by atoms with Crippen LogP contribution in [0.15, 0.2) is 4.36 Å². The molecular formula is C4H9ClN2O4S. The van der Waals surface area contributed by atoms with Crippen molar-refractivity contribution in [1.29, 1.82) is 0 Å². The van der Waals surface area contributed by atoms with Gasteiger partial charge in [0.25, 0.3) is 0 Å². The lowest BCUT2D eigenvalue weighted by molar-refractivity contribution is -0.135. The van der Waals surface area contributed by atoms with Crippen LogP contribution in [0.25, 0.3) is 0 Å². The number of hydrogen-bond acceptors (Lipinski definition) is 5. The smallest absolute Gasteiger partial charge is 0.326 e. The lowest BCUT2D eigenvalue weighted by Crippen LogP contribution is -1.97. The van der Waals surface area contributed by atoms with Crippen LogP contribution in [0.2, 0.25) is 0 Å². The Bertz CT molecular complexity index is 227. The summed E-state index contributed by atoms with van der Waals surface area (Å²) >= 11 is 5.06. The van der Waals surface area contributed by atoms with E-state index in [1.54, 1.807) is 0 Å². The molecule has 6 nitrogen and oxygen atoms in total. The standard InChI is InChI=1S/C2H6ClN.C2H3NO4S/c3-1-2-4;4-2(5)1-3-8(6)7/h1-2,4H2;1H2,(H,4,5). The molecule has 0 aromatic rings. The molecule has 3 N–H and O–H groups in total. The zero-order valence-electron chi connectivity index (χ0n) is 6.10. The number of hydrogen-bond donors (Lipinski definition) is 2. The number of alkyl halides is 1. The molecule has 0 unspecified atom stereocenters. The molecule has 0 aromatic heterocycles. The Kier molecular flexibility index (Phi) is 12.0. The fourth-order valence-corrected chi connectivity index (χ4v) is 0.324. The minimum atomic E-state index is -2.59. The second kappa shape index (κ2) is 10.3. The molecule has 72 valence electrons. The van der Waals surface area contributed by atoms with Gasteiger partial charge in [0.2, 0.25) is 0 Å². The Morgan fingerprint density at radius 3 is 2.08 bits per heavy atom. The van der Waals surface area contributed by atoms with E-state index in [0.717, 1.165) is 0 Å². The van der Waals surface area contributed by atoms with Crippen molar-refractivity contribution in [3.8, 4) is 0 Å². The maximum absolute atomic E-state index is 9.54. The number of carboxylic acids is 1. The third-order valence-corrected chi connectivity index (χ3v) is 0.972. The molecule has 12 heavy (non-hydrogen) atoms. The molecule has 0 aliphatic carbocycles. The number of nitrogens with zero attached hydrogens (tertiary/aromatic N) is 1. The molecule has 0 radical (unpaired) electrons. The van der Waals surface area contributed by atoms with Crippen molar-refractivity contribution < 1.29 is 18.3 Å². The van der Waals surface area contributed by atoms with Gasteiger partial charge in [0.1, 0.15) is 0 Å². The van der Waals surface area contributed by atoms with Gasteiger partial charge in [0.15, 0.2) is 6.54 Å². The largest absolute Gasteiger partial charge is 0.480 e. The summed E-state index contributed by atoms with van der Waals surface area (Å²) in [7, 11) is -2.59. The van der Waals surface area contributed by atoms with E-state index in [4.69, 9.17) is 22.4 Å². The molecule has 0 aliphatic heterocycles. The average molecular weight is 217 g/mol. The molecule has 0 bridgehead atoms. The van der Waals surface area contributed by atoms with Crippen LogP contribution >= 0.6 is 11.6 Å². The normalized spacial score (nSPS) is 7.83. The van der Waals surface area contributed by atoms with E-state index >= 15 is 0 Å². The van der Waals surface area contributed by atoms with Gasteiger partial charge in [-0.15, -0.1) is 11.6 Å². The summed E-state index contributed by atoms with van der Waals surface area (Å²) in [6.45, 7) is -0.0995. The molecule has 0 heterocycles.